The lowest BCUT2D eigenvalue weighted by molar-refractivity contribution is -0.143. The maximum atomic E-state index is 14.2. The van der Waals surface area contributed by atoms with Crippen molar-refractivity contribution in [2.75, 3.05) is 6.61 Å². The van der Waals surface area contributed by atoms with E-state index in [2.05, 4.69) is 0 Å². The number of carbonyl (C=O) groups excluding carboxylic acids is 1. The highest BCUT2D eigenvalue weighted by Crippen LogP contribution is 2.52. The molecule has 35 heavy (non-hydrogen) atoms. The molecule has 3 aromatic rings. The smallest absolute Gasteiger partial charge is 0.341 e. The maximum Gasteiger partial charge on any atom is 0.341 e. The molecule has 0 saturated carbocycles. The van der Waals surface area contributed by atoms with Crippen LogP contribution in [0.4, 0.5) is 4.39 Å². The first-order valence-corrected chi connectivity index (χ1v) is 11.8. The van der Waals surface area contributed by atoms with Crippen molar-refractivity contribution in [1.82, 2.24) is 0 Å². The second kappa shape index (κ2) is 10.8. The number of hydrogen-bond donors (Lipinski definition) is 1. The van der Waals surface area contributed by atoms with Gasteiger partial charge in [0, 0.05) is 27.4 Å². The van der Waals surface area contributed by atoms with E-state index >= 15 is 0 Å². The number of ether oxygens (including phenoxy) is 2. The van der Waals surface area contributed by atoms with Gasteiger partial charge in [-0.25, -0.2) is 9.18 Å². The zero-order valence-corrected chi connectivity index (χ0v) is 20.3. The Balaban J connectivity index is 1.81. The first kappa shape index (κ1) is 25.2. The van der Waals surface area contributed by atoms with Crippen LogP contribution in [0.5, 0.6) is 5.75 Å². The van der Waals surface area contributed by atoms with E-state index in [1.165, 1.54) is 19.1 Å². The van der Waals surface area contributed by atoms with E-state index in [4.69, 9.17) is 37.8 Å². The monoisotopic (exact) mass is 516 g/mol. The normalized spacial score (nSPS) is 21.9. The van der Waals surface area contributed by atoms with Crippen LogP contribution >= 0.6 is 23.2 Å². The molecule has 0 amide bonds. The summed E-state index contributed by atoms with van der Waals surface area (Å²) < 4.78 is 26.3. The second-order valence-electron chi connectivity index (χ2n) is 8.51. The minimum atomic E-state index is -1.14. The van der Waals surface area contributed by atoms with E-state index in [1.807, 2.05) is 12.1 Å². The molecule has 0 spiro atoms. The summed E-state index contributed by atoms with van der Waals surface area (Å²) in [6, 6.07) is 18.2. The van der Waals surface area contributed by atoms with Crippen molar-refractivity contribution in [2.24, 2.45) is 5.92 Å². The minimum absolute atomic E-state index is 0.101. The number of hydrogen-bond acceptors (Lipinski definition) is 4. The fraction of sp³-hybridized carbons (Fsp3) is 0.259. The van der Waals surface area contributed by atoms with Gasteiger partial charge in [-0.05, 0) is 66.9 Å². The van der Waals surface area contributed by atoms with Crippen LogP contribution in [0.25, 0.3) is 0 Å². The van der Waals surface area contributed by atoms with Crippen LogP contribution in [-0.4, -0.2) is 23.5 Å². The van der Waals surface area contributed by atoms with E-state index in [-0.39, 0.29) is 17.5 Å². The molecule has 1 saturated heterocycles. The minimum Gasteiger partial charge on any atom is -0.482 e. The van der Waals surface area contributed by atoms with Crippen LogP contribution < -0.4 is 4.74 Å². The molecule has 3 aromatic carbocycles. The topological polar surface area (TPSA) is 72.8 Å². The van der Waals surface area contributed by atoms with E-state index in [0.29, 0.717) is 27.6 Å². The van der Waals surface area contributed by atoms with Gasteiger partial charge in [-0.2, -0.15) is 0 Å². The molecule has 0 bridgehead atoms. The van der Waals surface area contributed by atoms with Gasteiger partial charge in [0.05, 0.1) is 12.2 Å². The number of ketones is 1. The SMILES string of the molecule is CC(=O)[C@@H]1C[C@@H](c2ccc(Cl)cc2)[C@@H](c2cccc(F)c2)O[C@H]1c1cc(Cl)ccc1OCC(=O)O. The first-order chi connectivity index (χ1) is 16.7. The van der Waals surface area contributed by atoms with Crippen LogP contribution in [0.15, 0.2) is 66.7 Å². The Kier molecular flexibility index (Phi) is 7.75. The van der Waals surface area contributed by atoms with Gasteiger partial charge in [-0.3, -0.25) is 4.79 Å². The summed E-state index contributed by atoms with van der Waals surface area (Å²) >= 11 is 12.4. The molecular formula is C27H23Cl2FO5. The summed E-state index contributed by atoms with van der Waals surface area (Å²) in [5.41, 5.74) is 1.99. The molecule has 1 heterocycles. The summed E-state index contributed by atoms with van der Waals surface area (Å²) in [4.78, 5) is 24.0. The van der Waals surface area contributed by atoms with E-state index in [0.717, 1.165) is 5.56 Å². The van der Waals surface area contributed by atoms with Gasteiger partial charge in [-0.1, -0.05) is 47.5 Å². The largest absolute Gasteiger partial charge is 0.482 e. The number of benzene rings is 3. The Morgan fingerprint density at radius 2 is 1.71 bits per heavy atom. The summed E-state index contributed by atoms with van der Waals surface area (Å²) in [5.74, 6) is -2.22. The molecular weight excluding hydrogens is 494 g/mol. The average molecular weight is 517 g/mol. The van der Waals surface area contributed by atoms with Crippen LogP contribution in [-0.2, 0) is 14.3 Å². The Hall–Kier alpha value is -2.93. The number of carbonyl (C=O) groups is 2. The quantitative estimate of drug-likeness (QED) is 0.374. The standard InChI is InChI=1S/C27H23Cl2FO5/c1-15(31)21-13-22(16-5-7-18(28)8-6-16)26(17-3-2-4-20(30)11-17)35-27(21)23-12-19(29)9-10-24(23)34-14-25(32)33/h2-12,21-22,26-27H,13-14H2,1H3,(H,32,33)/t21-,22-,26+,27+/m0/s1. The molecule has 1 fully saturated rings. The first-order valence-electron chi connectivity index (χ1n) is 11.0. The Labute approximate surface area is 212 Å². The third-order valence-electron chi connectivity index (χ3n) is 6.16. The summed E-state index contributed by atoms with van der Waals surface area (Å²) in [6.07, 6.45) is -0.973. The lowest BCUT2D eigenvalue weighted by Gasteiger charge is -2.42. The predicted molar refractivity (Wildman–Crippen MR) is 131 cm³/mol. The van der Waals surface area contributed by atoms with Gasteiger partial charge in [0.1, 0.15) is 17.3 Å². The van der Waals surface area contributed by atoms with Gasteiger partial charge in [0.2, 0.25) is 0 Å². The lowest BCUT2D eigenvalue weighted by atomic mass is 9.75. The fourth-order valence-corrected chi connectivity index (χ4v) is 4.87. The van der Waals surface area contributed by atoms with Gasteiger partial charge in [-0.15, -0.1) is 0 Å². The highest BCUT2D eigenvalue weighted by molar-refractivity contribution is 6.30. The van der Waals surface area contributed by atoms with Crippen molar-refractivity contribution < 1.29 is 28.6 Å². The van der Waals surface area contributed by atoms with Gasteiger partial charge in [0.15, 0.2) is 6.61 Å². The van der Waals surface area contributed by atoms with Crippen molar-refractivity contribution in [3.63, 3.8) is 0 Å². The number of carboxylic acid groups (broad SMARTS) is 1. The molecule has 4 atom stereocenters. The Bertz CT molecular complexity index is 1230. The van der Waals surface area contributed by atoms with Crippen LogP contribution in [0.2, 0.25) is 10.0 Å². The summed E-state index contributed by atoms with van der Waals surface area (Å²) in [6.45, 7) is 0.928. The molecule has 0 aromatic heterocycles. The highest BCUT2D eigenvalue weighted by atomic mass is 35.5. The molecule has 5 nitrogen and oxygen atoms in total. The fourth-order valence-electron chi connectivity index (χ4n) is 4.57. The van der Waals surface area contributed by atoms with Crippen molar-refractivity contribution in [1.29, 1.82) is 0 Å². The second-order valence-corrected chi connectivity index (χ2v) is 9.38. The third kappa shape index (κ3) is 5.84. The van der Waals surface area contributed by atoms with E-state index in [1.54, 1.807) is 42.5 Å². The maximum absolute atomic E-state index is 14.2. The highest BCUT2D eigenvalue weighted by Gasteiger charge is 2.43. The zero-order valence-electron chi connectivity index (χ0n) is 18.8. The van der Waals surface area contributed by atoms with E-state index in [9.17, 15) is 14.0 Å². The van der Waals surface area contributed by atoms with Crippen LogP contribution in [0.1, 0.15) is 48.2 Å². The lowest BCUT2D eigenvalue weighted by Crippen LogP contribution is -2.34. The van der Waals surface area contributed by atoms with Crippen LogP contribution in [0.3, 0.4) is 0 Å². The van der Waals surface area contributed by atoms with Crippen molar-refractivity contribution >= 4 is 35.0 Å². The van der Waals surface area contributed by atoms with Gasteiger partial charge in [0.25, 0.3) is 0 Å². The Morgan fingerprint density at radius 1 is 1.00 bits per heavy atom. The third-order valence-corrected chi connectivity index (χ3v) is 6.65. The molecule has 0 unspecified atom stereocenters. The van der Waals surface area contributed by atoms with E-state index < -0.39 is 36.5 Å². The number of Topliss-reactive ketones (excluding diaryl/α,β-unsaturated/α-hetero) is 1. The average Bonchev–Trinajstić information content (AvgIpc) is 2.83. The molecule has 182 valence electrons. The summed E-state index contributed by atoms with van der Waals surface area (Å²) in [7, 11) is 0. The zero-order chi connectivity index (χ0) is 25.1. The molecule has 1 aliphatic heterocycles. The molecule has 4 rings (SSSR count). The number of aliphatic carboxylic acids is 1. The van der Waals surface area contributed by atoms with Crippen molar-refractivity contribution in [3.05, 3.63) is 99.3 Å². The summed E-state index contributed by atoms with van der Waals surface area (Å²) in [5, 5.41) is 10.0. The molecule has 0 radical (unpaired) electrons. The van der Waals surface area contributed by atoms with Crippen molar-refractivity contribution in [2.45, 2.75) is 31.5 Å². The molecule has 8 heteroatoms. The molecule has 1 N–H and O–H groups in total. The van der Waals surface area contributed by atoms with Crippen molar-refractivity contribution in [3.8, 4) is 5.75 Å². The number of rotatable bonds is 7. The number of halogens is 3. The van der Waals surface area contributed by atoms with Gasteiger partial charge >= 0.3 is 5.97 Å². The molecule has 1 aliphatic rings. The predicted octanol–water partition coefficient (Wildman–Crippen LogP) is 6.79. The Morgan fingerprint density at radius 3 is 2.37 bits per heavy atom. The van der Waals surface area contributed by atoms with Crippen LogP contribution in [0, 0.1) is 11.7 Å². The van der Waals surface area contributed by atoms with Gasteiger partial charge < -0.3 is 14.6 Å². The molecule has 0 aliphatic carbocycles. The number of carboxylic acids is 1.